The molecular formula is C29H27BrN4O5S2. The van der Waals surface area contributed by atoms with Crippen LogP contribution in [0.15, 0.2) is 82.8 Å². The number of allylic oxidation sites excluding steroid dienone is 1. The lowest BCUT2D eigenvalue weighted by atomic mass is 9.93. The van der Waals surface area contributed by atoms with E-state index in [1.165, 1.54) is 23.1 Å². The molecule has 0 amide bonds. The van der Waals surface area contributed by atoms with Crippen LogP contribution in [-0.4, -0.2) is 34.2 Å². The molecule has 5 rings (SSSR count). The minimum atomic E-state index is -0.766. The number of halogens is 1. The zero-order chi connectivity index (χ0) is 29.1. The van der Waals surface area contributed by atoms with E-state index in [1.807, 2.05) is 44.2 Å². The third kappa shape index (κ3) is 5.95. The fraction of sp³-hybridized carbons (Fsp3) is 0.276. The molecule has 0 radical (unpaired) electrons. The Hall–Kier alpha value is -3.48. The van der Waals surface area contributed by atoms with Crippen LogP contribution in [-0.2, 0) is 9.53 Å². The molecule has 0 fully saturated rings. The van der Waals surface area contributed by atoms with Gasteiger partial charge in [-0.05, 0) is 66.2 Å². The van der Waals surface area contributed by atoms with Crippen LogP contribution in [0.25, 0.3) is 6.08 Å². The normalized spacial score (nSPS) is 15.0. The van der Waals surface area contributed by atoms with E-state index in [0.717, 1.165) is 12.1 Å². The molecule has 4 heterocycles. The lowest BCUT2D eigenvalue weighted by Gasteiger charge is -2.26. The van der Waals surface area contributed by atoms with Crippen molar-refractivity contribution in [3.8, 4) is 5.75 Å². The van der Waals surface area contributed by atoms with E-state index in [0.29, 0.717) is 58.8 Å². The van der Waals surface area contributed by atoms with Crippen molar-refractivity contribution in [2.75, 3.05) is 13.7 Å². The number of nitrogens with zero attached hydrogens (tertiary/aromatic N) is 4. The van der Waals surface area contributed by atoms with Gasteiger partial charge in [-0.2, -0.15) is 0 Å². The number of para-hydroxylation sites is 1. The second kappa shape index (κ2) is 12.6. The monoisotopic (exact) mass is 654 g/mol. The average molecular weight is 656 g/mol. The molecule has 0 saturated heterocycles. The third-order valence-corrected chi connectivity index (χ3v) is 8.93. The summed E-state index contributed by atoms with van der Waals surface area (Å²) < 4.78 is 19.8. The van der Waals surface area contributed by atoms with Crippen LogP contribution in [0, 0.1) is 6.92 Å². The lowest BCUT2D eigenvalue weighted by molar-refractivity contribution is -0.139. The predicted molar refractivity (Wildman–Crippen MR) is 160 cm³/mol. The minimum Gasteiger partial charge on any atom is -0.496 e. The zero-order valence-electron chi connectivity index (χ0n) is 22.8. The Morgan fingerprint density at radius 2 is 2.07 bits per heavy atom. The Kier molecular flexibility index (Phi) is 8.91. The van der Waals surface area contributed by atoms with Gasteiger partial charge in [0.1, 0.15) is 17.6 Å². The van der Waals surface area contributed by atoms with Gasteiger partial charge in [-0.25, -0.2) is 19.8 Å². The first kappa shape index (κ1) is 29.0. The van der Waals surface area contributed by atoms with Gasteiger partial charge in [-0.1, -0.05) is 42.9 Å². The molecule has 3 aromatic heterocycles. The maximum absolute atomic E-state index is 14.0. The van der Waals surface area contributed by atoms with Crippen LogP contribution in [0.4, 0.5) is 0 Å². The number of rotatable bonds is 9. The molecule has 212 valence electrons. The number of hydrogen-bond donors (Lipinski definition) is 0. The largest absolute Gasteiger partial charge is 0.496 e. The molecule has 0 aliphatic carbocycles. The summed E-state index contributed by atoms with van der Waals surface area (Å²) in [4.78, 5) is 41.3. The number of aryl methyl sites for hydroxylation is 1. The van der Waals surface area contributed by atoms with E-state index < -0.39 is 12.0 Å². The Bertz CT molecular complexity index is 1820. The summed E-state index contributed by atoms with van der Waals surface area (Å²) in [6, 6.07) is 10.2. The quantitative estimate of drug-likeness (QED) is 0.179. The highest BCUT2D eigenvalue weighted by Crippen LogP contribution is 2.37. The van der Waals surface area contributed by atoms with E-state index in [1.54, 1.807) is 36.9 Å². The van der Waals surface area contributed by atoms with Gasteiger partial charge in [-0.3, -0.25) is 9.36 Å². The Balaban J connectivity index is 1.66. The Morgan fingerprint density at radius 3 is 2.80 bits per heavy atom. The summed E-state index contributed by atoms with van der Waals surface area (Å²) in [5.74, 6) is 0.533. The molecule has 12 heteroatoms. The Morgan fingerprint density at radius 1 is 1.27 bits per heavy atom. The van der Waals surface area contributed by atoms with Gasteiger partial charge in [0, 0.05) is 23.5 Å². The predicted octanol–water partition coefficient (Wildman–Crippen LogP) is 5.19. The average Bonchev–Trinajstić information content (AvgIpc) is 3.45. The van der Waals surface area contributed by atoms with Crippen molar-refractivity contribution in [2.24, 2.45) is 4.99 Å². The maximum atomic E-state index is 14.0. The number of esters is 1. The standard InChI is InChI=1S/C29H27BrN4O5S2/c1-5-9-20-23(26(36)38-6-2)24(18-10-7-8-11-21(18)37-4)34-25(35)22(40-29(34)33-20)15-17-14-19(30)27(39-17)41-28-31-13-12-16(3)32-28/h7-8,10-15,24H,5-6,9H2,1-4H3/b22-15+/t24-/m0/s1. The molecule has 4 aromatic rings. The van der Waals surface area contributed by atoms with Gasteiger partial charge in [0.05, 0.1) is 34.0 Å². The van der Waals surface area contributed by atoms with Crippen molar-refractivity contribution in [1.82, 2.24) is 14.5 Å². The highest BCUT2D eigenvalue weighted by molar-refractivity contribution is 9.10. The zero-order valence-corrected chi connectivity index (χ0v) is 26.1. The molecule has 9 nitrogen and oxygen atoms in total. The van der Waals surface area contributed by atoms with Gasteiger partial charge in [0.2, 0.25) is 0 Å². The number of thiazole rings is 1. The first-order chi connectivity index (χ1) is 19.8. The highest BCUT2D eigenvalue weighted by Gasteiger charge is 2.35. The second-order valence-corrected chi connectivity index (χ2v) is 11.8. The van der Waals surface area contributed by atoms with Crippen molar-refractivity contribution in [2.45, 2.75) is 49.9 Å². The highest BCUT2D eigenvalue weighted by atomic mass is 79.9. The fourth-order valence-corrected chi connectivity index (χ4v) is 6.82. The number of hydrogen-bond acceptors (Lipinski definition) is 10. The summed E-state index contributed by atoms with van der Waals surface area (Å²) in [5, 5.41) is 1.12. The number of benzene rings is 1. The van der Waals surface area contributed by atoms with Gasteiger partial charge in [0.25, 0.3) is 5.56 Å². The van der Waals surface area contributed by atoms with E-state index >= 15 is 0 Å². The van der Waals surface area contributed by atoms with Crippen molar-refractivity contribution in [3.05, 3.63) is 95.0 Å². The Labute approximate surface area is 252 Å². The van der Waals surface area contributed by atoms with Crippen molar-refractivity contribution in [3.63, 3.8) is 0 Å². The van der Waals surface area contributed by atoms with Gasteiger partial charge >= 0.3 is 5.97 Å². The van der Waals surface area contributed by atoms with Crippen LogP contribution in [0.5, 0.6) is 5.75 Å². The molecule has 0 saturated carbocycles. The molecular weight excluding hydrogens is 628 g/mol. The molecule has 1 aliphatic heterocycles. The molecule has 1 atom stereocenters. The number of aromatic nitrogens is 3. The second-order valence-electron chi connectivity index (χ2n) is 9.02. The fourth-order valence-electron chi connectivity index (χ4n) is 4.50. The SMILES string of the molecule is CCCC1=C(C(=O)OCC)[C@H](c2ccccc2OC)n2c(s/c(=C/c3cc(Br)c(Sc4nccc(C)n4)o3)c2=O)=N1. The molecule has 0 spiro atoms. The van der Waals surface area contributed by atoms with Gasteiger partial charge in [-0.15, -0.1) is 0 Å². The molecule has 1 aromatic carbocycles. The number of furan rings is 1. The van der Waals surface area contributed by atoms with Crippen LogP contribution in [0.1, 0.15) is 49.7 Å². The molecule has 1 aliphatic rings. The number of carbonyl (C=O) groups is 1. The summed E-state index contributed by atoms with van der Waals surface area (Å²) in [5.41, 5.74) is 2.17. The van der Waals surface area contributed by atoms with E-state index in [9.17, 15) is 9.59 Å². The lowest BCUT2D eigenvalue weighted by Crippen LogP contribution is -2.40. The van der Waals surface area contributed by atoms with Crippen LogP contribution >= 0.6 is 39.0 Å². The van der Waals surface area contributed by atoms with Crippen LogP contribution in [0.2, 0.25) is 0 Å². The third-order valence-electron chi connectivity index (χ3n) is 6.23. The summed E-state index contributed by atoms with van der Waals surface area (Å²) in [6.45, 7) is 5.87. The van der Waals surface area contributed by atoms with Crippen molar-refractivity contribution >= 4 is 51.1 Å². The number of carbonyl (C=O) groups excluding carboxylic acids is 1. The van der Waals surface area contributed by atoms with E-state index in [4.69, 9.17) is 18.9 Å². The summed E-state index contributed by atoms with van der Waals surface area (Å²) in [7, 11) is 1.56. The van der Waals surface area contributed by atoms with Crippen LogP contribution < -0.4 is 19.6 Å². The van der Waals surface area contributed by atoms with Crippen molar-refractivity contribution in [1.29, 1.82) is 0 Å². The topological polar surface area (TPSA) is 109 Å². The molecule has 0 bridgehead atoms. The molecule has 0 N–H and O–H groups in total. The molecule has 41 heavy (non-hydrogen) atoms. The number of fused-ring (bicyclic) bond motifs is 1. The number of methoxy groups -OCH3 is 1. The van der Waals surface area contributed by atoms with Gasteiger partial charge in [0.15, 0.2) is 15.1 Å². The molecule has 0 unspecified atom stereocenters. The first-order valence-corrected chi connectivity index (χ1v) is 15.4. The minimum absolute atomic E-state index is 0.201. The van der Waals surface area contributed by atoms with Crippen molar-refractivity contribution < 1.29 is 18.7 Å². The van der Waals surface area contributed by atoms with E-state index in [-0.39, 0.29) is 12.2 Å². The summed E-state index contributed by atoms with van der Waals surface area (Å²) in [6.07, 6.45) is 4.69. The van der Waals surface area contributed by atoms with Gasteiger partial charge < -0.3 is 13.9 Å². The van der Waals surface area contributed by atoms with Crippen LogP contribution in [0.3, 0.4) is 0 Å². The first-order valence-electron chi connectivity index (χ1n) is 13.0. The van der Waals surface area contributed by atoms with E-state index in [2.05, 4.69) is 25.9 Å². The number of ether oxygens (including phenoxy) is 2. The maximum Gasteiger partial charge on any atom is 0.338 e. The smallest absolute Gasteiger partial charge is 0.338 e. The summed E-state index contributed by atoms with van der Waals surface area (Å²) >= 11 is 6.06.